The van der Waals surface area contributed by atoms with Gasteiger partial charge in [0.2, 0.25) is 0 Å². The van der Waals surface area contributed by atoms with Crippen molar-refractivity contribution in [2.45, 2.75) is 23.8 Å². The van der Waals surface area contributed by atoms with Gasteiger partial charge in [-0.05, 0) is 18.4 Å². The summed E-state index contributed by atoms with van der Waals surface area (Å²) in [5, 5.41) is 12.4. The van der Waals surface area contributed by atoms with E-state index in [9.17, 15) is 5.11 Å². The van der Waals surface area contributed by atoms with Gasteiger partial charge in [0.1, 0.15) is 0 Å². The minimum Gasteiger partial charge on any atom is -0.391 e. The molecule has 0 bridgehead atoms. The third-order valence-electron chi connectivity index (χ3n) is 1.64. The molecule has 0 aromatic heterocycles. The number of alkyl halides is 1. The SMILES string of the molecule is [N-]=[N+]=NC[C@@H](O)C1(Cl)CC1. The fourth-order valence-electron chi connectivity index (χ4n) is 0.730. The summed E-state index contributed by atoms with van der Waals surface area (Å²) in [5.74, 6) is 0. The number of nitrogens with zero attached hydrogens (tertiary/aromatic N) is 3. The standard InChI is InChI=1S/C5H8ClN3O/c6-5(1-2-5)4(10)3-8-9-7/h4,10H,1-3H2/t4-/m1/s1. The Balaban J connectivity index is 2.34. The van der Waals surface area contributed by atoms with Crippen molar-refractivity contribution in [3.63, 3.8) is 0 Å². The molecule has 10 heavy (non-hydrogen) atoms. The molecule has 0 saturated heterocycles. The fraction of sp³-hybridized carbons (Fsp3) is 1.00. The molecule has 1 saturated carbocycles. The molecule has 0 aromatic rings. The van der Waals surface area contributed by atoms with Crippen LogP contribution < -0.4 is 0 Å². The highest BCUT2D eigenvalue weighted by molar-refractivity contribution is 6.26. The van der Waals surface area contributed by atoms with Crippen LogP contribution in [0.5, 0.6) is 0 Å². The molecule has 1 atom stereocenters. The van der Waals surface area contributed by atoms with Gasteiger partial charge in [-0.2, -0.15) is 0 Å². The smallest absolute Gasteiger partial charge is 0.0788 e. The zero-order chi connectivity index (χ0) is 7.61. The Morgan fingerprint density at radius 3 is 2.80 bits per heavy atom. The van der Waals surface area contributed by atoms with E-state index in [1.165, 1.54) is 0 Å². The maximum absolute atomic E-state index is 9.18. The lowest BCUT2D eigenvalue weighted by molar-refractivity contribution is 0.170. The van der Waals surface area contributed by atoms with Gasteiger partial charge in [-0.1, -0.05) is 5.11 Å². The van der Waals surface area contributed by atoms with E-state index < -0.39 is 11.0 Å². The van der Waals surface area contributed by atoms with E-state index in [1.807, 2.05) is 0 Å². The number of aliphatic hydroxyl groups is 1. The predicted molar refractivity (Wildman–Crippen MR) is 37.8 cm³/mol. The van der Waals surface area contributed by atoms with Crippen LogP contribution in [0.2, 0.25) is 0 Å². The van der Waals surface area contributed by atoms with Crippen LogP contribution in [0.15, 0.2) is 5.11 Å². The molecule has 56 valence electrons. The van der Waals surface area contributed by atoms with Crippen molar-refractivity contribution in [1.29, 1.82) is 0 Å². The van der Waals surface area contributed by atoms with E-state index in [2.05, 4.69) is 10.0 Å². The molecule has 1 rings (SSSR count). The third kappa shape index (κ3) is 1.53. The zero-order valence-electron chi connectivity index (χ0n) is 5.37. The number of halogens is 1. The lowest BCUT2D eigenvalue weighted by Gasteiger charge is -2.11. The summed E-state index contributed by atoms with van der Waals surface area (Å²) < 4.78 is 0. The summed E-state index contributed by atoms with van der Waals surface area (Å²) in [7, 11) is 0. The molecule has 0 radical (unpaired) electrons. The average Bonchev–Trinajstić information content (AvgIpc) is 2.64. The van der Waals surface area contributed by atoms with Gasteiger partial charge in [-0.3, -0.25) is 0 Å². The van der Waals surface area contributed by atoms with Crippen LogP contribution in [0.3, 0.4) is 0 Å². The second-order valence-electron chi connectivity index (χ2n) is 2.46. The zero-order valence-corrected chi connectivity index (χ0v) is 6.12. The number of hydrogen-bond donors (Lipinski definition) is 1. The van der Waals surface area contributed by atoms with Crippen LogP contribution in [0, 0.1) is 0 Å². The maximum atomic E-state index is 9.18. The molecule has 0 aromatic carbocycles. The molecule has 4 nitrogen and oxygen atoms in total. The number of rotatable bonds is 3. The molecule has 1 aliphatic carbocycles. The minimum absolute atomic E-state index is 0.0833. The number of azide groups is 1. The summed E-state index contributed by atoms with van der Waals surface area (Å²) in [4.78, 5) is 2.05. The largest absolute Gasteiger partial charge is 0.391 e. The summed E-state index contributed by atoms with van der Waals surface area (Å²) >= 11 is 5.80. The first-order valence-electron chi connectivity index (χ1n) is 3.07. The van der Waals surface area contributed by atoms with Crippen LogP contribution in [0.1, 0.15) is 12.8 Å². The van der Waals surface area contributed by atoms with Gasteiger partial charge < -0.3 is 5.11 Å². The van der Waals surface area contributed by atoms with Gasteiger partial charge in [-0.15, -0.1) is 11.6 Å². The molecule has 1 aliphatic rings. The van der Waals surface area contributed by atoms with Crippen LogP contribution in [-0.4, -0.2) is 22.6 Å². The summed E-state index contributed by atoms with van der Waals surface area (Å²) in [6.45, 7) is 0.0833. The van der Waals surface area contributed by atoms with Crippen LogP contribution in [0.25, 0.3) is 10.4 Å². The third-order valence-corrected chi connectivity index (χ3v) is 2.27. The molecule has 5 heteroatoms. The van der Waals surface area contributed by atoms with Gasteiger partial charge >= 0.3 is 0 Å². The van der Waals surface area contributed by atoms with E-state index in [4.69, 9.17) is 17.1 Å². The van der Waals surface area contributed by atoms with E-state index in [0.717, 1.165) is 12.8 Å². The second kappa shape index (κ2) is 2.66. The first-order valence-corrected chi connectivity index (χ1v) is 3.45. The molecule has 0 aliphatic heterocycles. The minimum atomic E-state index is -0.676. The highest BCUT2D eigenvalue weighted by atomic mass is 35.5. The Labute approximate surface area is 63.4 Å². The molecule has 0 amide bonds. The summed E-state index contributed by atoms with van der Waals surface area (Å²) in [5.41, 5.74) is 7.91. The average molecular weight is 162 g/mol. The molecular weight excluding hydrogens is 154 g/mol. The Bertz CT molecular complexity index is 174. The van der Waals surface area contributed by atoms with E-state index in [0.29, 0.717) is 0 Å². The maximum Gasteiger partial charge on any atom is 0.0788 e. The molecule has 1 N–H and O–H groups in total. The molecule has 0 unspecified atom stereocenters. The van der Waals surface area contributed by atoms with Gasteiger partial charge in [0.15, 0.2) is 0 Å². The lowest BCUT2D eigenvalue weighted by atomic mass is 10.2. The Hall–Kier alpha value is -0.440. The predicted octanol–water partition coefficient (Wildman–Crippen LogP) is 1.43. The second-order valence-corrected chi connectivity index (χ2v) is 3.22. The number of hydrogen-bond acceptors (Lipinski definition) is 2. The lowest BCUT2D eigenvalue weighted by Crippen LogP contribution is -2.24. The van der Waals surface area contributed by atoms with Crippen molar-refractivity contribution in [2.24, 2.45) is 5.11 Å². The van der Waals surface area contributed by atoms with Gasteiger partial charge in [0.05, 0.1) is 17.5 Å². The van der Waals surface area contributed by atoms with E-state index in [1.54, 1.807) is 0 Å². The topological polar surface area (TPSA) is 69.0 Å². The van der Waals surface area contributed by atoms with E-state index >= 15 is 0 Å². The van der Waals surface area contributed by atoms with Crippen LogP contribution in [-0.2, 0) is 0 Å². The molecule has 1 fully saturated rings. The molecular formula is C5H8ClN3O. The normalized spacial score (nSPS) is 23.0. The Morgan fingerprint density at radius 1 is 1.80 bits per heavy atom. The van der Waals surface area contributed by atoms with Crippen molar-refractivity contribution in [3.05, 3.63) is 10.4 Å². The van der Waals surface area contributed by atoms with Crippen molar-refractivity contribution >= 4 is 11.6 Å². The summed E-state index contributed by atoms with van der Waals surface area (Å²) in [6, 6.07) is 0. The molecule has 0 spiro atoms. The van der Waals surface area contributed by atoms with Gasteiger partial charge in [0.25, 0.3) is 0 Å². The van der Waals surface area contributed by atoms with Crippen LogP contribution in [0.4, 0.5) is 0 Å². The van der Waals surface area contributed by atoms with Crippen molar-refractivity contribution in [1.82, 2.24) is 0 Å². The highest BCUT2D eigenvalue weighted by Gasteiger charge is 2.46. The molecule has 0 heterocycles. The quantitative estimate of drug-likeness (QED) is 0.289. The monoisotopic (exact) mass is 161 g/mol. The van der Waals surface area contributed by atoms with Crippen molar-refractivity contribution < 1.29 is 5.11 Å². The fourth-order valence-corrected chi connectivity index (χ4v) is 0.894. The van der Waals surface area contributed by atoms with Crippen LogP contribution >= 0.6 is 11.6 Å². The highest BCUT2D eigenvalue weighted by Crippen LogP contribution is 2.45. The number of aliphatic hydroxyl groups excluding tert-OH is 1. The Morgan fingerprint density at radius 2 is 2.40 bits per heavy atom. The van der Waals surface area contributed by atoms with Gasteiger partial charge in [0, 0.05) is 4.91 Å². The first-order chi connectivity index (χ1) is 4.69. The Kier molecular flexibility index (Phi) is 2.04. The van der Waals surface area contributed by atoms with Crippen molar-refractivity contribution in [3.8, 4) is 0 Å². The first kappa shape index (κ1) is 7.66. The van der Waals surface area contributed by atoms with Gasteiger partial charge in [-0.25, -0.2) is 0 Å². The summed E-state index contributed by atoms with van der Waals surface area (Å²) in [6.07, 6.45) is 0.956. The van der Waals surface area contributed by atoms with Crippen molar-refractivity contribution in [2.75, 3.05) is 6.54 Å². The van der Waals surface area contributed by atoms with E-state index in [-0.39, 0.29) is 6.54 Å².